The molecule has 2 fully saturated rings. The molecule has 0 spiro atoms. The minimum absolute atomic E-state index is 0.0402. The third-order valence-corrected chi connectivity index (χ3v) is 7.81. The number of imide groups is 1. The van der Waals surface area contributed by atoms with Crippen molar-refractivity contribution in [3.8, 4) is 0 Å². The van der Waals surface area contributed by atoms with Crippen LogP contribution in [0.1, 0.15) is 50.7 Å². The highest BCUT2D eigenvalue weighted by atomic mass is 32.2. The van der Waals surface area contributed by atoms with Crippen LogP contribution in [0, 0.1) is 18.8 Å². The van der Waals surface area contributed by atoms with Gasteiger partial charge in [0.1, 0.15) is 5.25 Å². The van der Waals surface area contributed by atoms with Gasteiger partial charge in [-0.3, -0.25) is 14.5 Å². The van der Waals surface area contributed by atoms with Crippen molar-refractivity contribution in [1.29, 1.82) is 0 Å². The van der Waals surface area contributed by atoms with E-state index in [1.807, 2.05) is 49.3 Å². The first-order chi connectivity index (χ1) is 15.3. The largest absolute Gasteiger partial charge is 0.354 e. The van der Waals surface area contributed by atoms with Crippen molar-refractivity contribution in [3.05, 3.63) is 46.9 Å². The quantitative estimate of drug-likeness (QED) is 0.702. The van der Waals surface area contributed by atoms with Gasteiger partial charge in [-0.25, -0.2) is 4.79 Å². The highest BCUT2D eigenvalue weighted by molar-refractivity contribution is 8.03. The summed E-state index contributed by atoms with van der Waals surface area (Å²) in [6.07, 6.45) is 5.34. The van der Waals surface area contributed by atoms with E-state index >= 15 is 0 Å². The molecule has 0 radical (unpaired) electrons. The number of hydrogen-bond donors (Lipinski definition) is 1. The fourth-order valence-corrected chi connectivity index (χ4v) is 5.96. The lowest BCUT2D eigenvalue weighted by Crippen LogP contribution is -2.62. The Morgan fingerprint density at radius 3 is 2.47 bits per heavy atom. The van der Waals surface area contributed by atoms with E-state index in [9.17, 15) is 14.4 Å². The molecule has 0 aromatic heterocycles. The van der Waals surface area contributed by atoms with Gasteiger partial charge >= 0.3 is 6.03 Å². The lowest BCUT2D eigenvalue weighted by molar-refractivity contribution is -0.132. The van der Waals surface area contributed by atoms with Crippen molar-refractivity contribution in [1.82, 2.24) is 15.1 Å². The van der Waals surface area contributed by atoms with Crippen LogP contribution in [-0.2, 0) is 16.1 Å². The van der Waals surface area contributed by atoms with E-state index in [-0.39, 0.29) is 47.0 Å². The van der Waals surface area contributed by atoms with Crippen molar-refractivity contribution in [2.75, 3.05) is 6.54 Å². The topological polar surface area (TPSA) is 69.7 Å². The maximum absolute atomic E-state index is 13.4. The molecule has 4 rings (SSSR count). The van der Waals surface area contributed by atoms with Crippen molar-refractivity contribution in [3.63, 3.8) is 0 Å². The second-order valence-corrected chi connectivity index (χ2v) is 10.7. The Morgan fingerprint density at radius 2 is 1.81 bits per heavy atom. The molecule has 32 heavy (non-hydrogen) atoms. The molecule has 4 amide bonds. The summed E-state index contributed by atoms with van der Waals surface area (Å²) in [4.78, 5) is 42.3. The predicted molar refractivity (Wildman–Crippen MR) is 127 cm³/mol. The number of carbonyl (C=O) groups excluding carboxylic acids is 3. The van der Waals surface area contributed by atoms with E-state index in [4.69, 9.17) is 0 Å². The van der Waals surface area contributed by atoms with Crippen LogP contribution in [0.15, 0.2) is 35.7 Å². The van der Waals surface area contributed by atoms with Crippen molar-refractivity contribution < 1.29 is 14.4 Å². The Bertz CT molecular complexity index is 890. The van der Waals surface area contributed by atoms with Gasteiger partial charge in [0.25, 0.3) is 0 Å². The Labute approximate surface area is 194 Å². The summed E-state index contributed by atoms with van der Waals surface area (Å²) in [6, 6.07) is 7.97. The summed E-state index contributed by atoms with van der Waals surface area (Å²) in [5.74, 6) is 0.348. The Morgan fingerprint density at radius 1 is 1.12 bits per heavy atom. The van der Waals surface area contributed by atoms with Crippen molar-refractivity contribution >= 4 is 29.6 Å². The normalized spacial score (nSPS) is 27.8. The number of nitrogens with zero attached hydrogens (tertiary/aromatic N) is 2. The maximum Gasteiger partial charge on any atom is 0.327 e. The zero-order valence-corrected chi connectivity index (χ0v) is 19.9. The number of amides is 4. The van der Waals surface area contributed by atoms with Crippen LogP contribution in [0.4, 0.5) is 4.79 Å². The van der Waals surface area contributed by atoms with E-state index in [1.165, 1.54) is 22.2 Å². The standard InChI is InChI=1S/C25H33N3O3S/c1-16(2)26-23(29)20-10-8-19(9-11-20)15-28-24(30)22-21(12-13-32-22)27(25(28)31)14-18-6-4-17(3)5-7-18/h4-7,12-13,16,19-22H,8-11,14-15H2,1-3H3,(H,26,29). The number of hydrogen-bond acceptors (Lipinski definition) is 4. The lowest BCUT2D eigenvalue weighted by atomic mass is 9.81. The van der Waals surface area contributed by atoms with Gasteiger partial charge in [-0.1, -0.05) is 35.9 Å². The average Bonchev–Trinajstić information content (AvgIpc) is 3.25. The molecule has 1 aliphatic carbocycles. The average molecular weight is 456 g/mol. The number of thioether (sulfide) groups is 1. The number of rotatable bonds is 6. The van der Waals surface area contributed by atoms with Gasteiger partial charge in [0, 0.05) is 25.0 Å². The molecule has 2 heterocycles. The van der Waals surface area contributed by atoms with E-state index in [1.54, 1.807) is 0 Å². The maximum atomic E-state index is 13.4. The zero-order chi connectivity index (χ0) is 22.8. The third-order valence-electron chi connectivity index (χ3n) is 6.72. The molecule has 1 saturated heterocycles. The zero-order valence-electron chi connectivity index (χ0n) is 19.1. The van der Waals surface area contributed by atoms with Crippen LogP contribution in [-0.4, -0.2) is 51.5 Å². The molecule has 1 N–H and O–H groups in total. The van der Waals surface area contributed by atoms with Gasteiger partial charge in [0.05, 0.1) is 6.04 Å². The second-order valence-electron chi connectivity index (χ2n) is 9.60. The van der Waals surface area contributed by atoms with Crippen LogP contribution in [0.25, 0.3) is 0 Å². The number of nitrogens with one attached hydrogen (secondary N) is 1. The van der Waals surface area contributed by atoms with Gasteiger partial charge in [-0.15, -0.1) is 11.8 Å². The van der Waals surface area contributed by atoms with Crippen molar-refractivity contribution in [2.45, 2.75) is 70.3 Å². The van der Waals surface area contributed by atoms with Gasteiger partial charge in [0.15, 0.2) is 0 Å². The molecule has 172 valence electrons. The molecule has 3 aliphatic rings. The molecule has 2 unspecified atom stereocenters. The minimum atomic E-state index is -0.258. The van der Waals surface area contributed by atoms with Gasteiger partial charge < -0.3 is 10.2 Å². The highest BCUT2D eigenvalue weighted by Crippen LogP contribution is 2.37. The summed E-state index contributed by atoms with van der Waals surface area (Å²) in [6.45, 7) is 6.94. The van der Waals surface area contributed by atoms with Crippen molar-refractivity contribution in [2.24, 2.45) is 11.8 Å². The van der Waals surface area contributed by atoms with Crippen LogP contribution in [0.2, 0.25) is 0 Å². The number of benzene rings is 1. The fourth-order valence-electron chi connectivity index (χ4n) is 4.89. The molecular formula is C25H33N3O3S. The molecular weight excluding hydrogens is 422 g/mol. The van der Waals surface area contributed by atoms with E-state index in [0.29, 0.717) is 13.1 Å². The Hall–Kier alpha value is -2.28. The highest BCUT2D eigenvalue weighted by Gasteiger charge is 2.47. The fraction of sp³-hybridized carbons (Fsp3) is 0.560. The summed E-state index contributed by atoms with van der Waals surface area (Å²) in [7, 11) is 0. The first-order valence-electron chi connectivity index (χ1n) is 11.6. The number of urea groups is 1. The van der Waals surface area contributed by atoms with Gasteiger partial charge in [-0.2, -0.15) is 0 Å². The molecule has 2 atom stereocenters. The summed E-state index contributed by atoms with van der Waals surface area (Å²) in [5.41, 5.74) is 2.25. The smallest absolute Gasteiger partial charge is 0.327 e. The molecule has 0 bridgehead atoms. The first-order valence-corrected chi connectivity index (χ1v) is 12.6. The Kier molecular flexibility index (Phi) is 6.93. The van der Waals surface area contributed by atoms with Crippen LogP contribution in [0.5, 0.6) is 0 Å². The van der Waals surface area contributed by atoms with E-state index < -0.39 is 0 Å². The SMILES string of the molecule is Cc1ccc(CN2C(=O)N(CC3CCC(C(=O)NC(C)C)CC3)C(=O)C3SC=CC32)cc1. The van der Waals surface area contributed by atoms with Gasteiger partial charge in [-0.05, 0) is 63.3 Å². The summed E-state index contributed by atoms with van der Waals surface area (Å²) < 4.78 is 0. The van der Waals surface area contributed by atoms with E-state index in [0.717, 1.165) is 31.2 Å². The number of fused-ring (bicyclic) bond motifs is 1. The number of carbonyl (C=O) groups is 3. The van der Waals surface area contributed by atoms with Crippen LogP contribution in [0.3, 0.4) is 0 Å². The molecule has 7 heteroatoms. The summed E-state index contributed by atoms with van der Waals surface area (Å²) in [5, 5.41) is 4.70. The Balaban J connectivity index is 1.42. The molecule has 1 saturated carbocycles. The molecule has 6 nitrogen and oxygen atoms in total. The third kappa shape index (κ3) is 4.87. The molecule has 1 aromatic carbocycles. The predicted octanol–water partition coefficient (Wildman–Crippen LogP) is 4.09. The summed E-state index contributed by atoms with van der Waals surface area (Å²) >= 11 is 1.51. The lowest BCUT2D eigenvalue weighted by Gasteiger charge is -2.43. The monoisotopic (exact) mass is 455 g/mol. The first kappa shape index (κ1) is 22.9. The second kappa shape index (κ2) is 9.69. The molecule has 2 aliphatic heterocycles. The van der Waals surface area contributed by atoms with Crippen LogP contribution >= 0.6 is 11.8 Å². The number of aryl methyl sites for hydroxylation is 1. The van der Waals surface area contributed by atoms with E-state index in [2.05, 4.69) is 17.4 Å². The van der Waals surface area contributed by atoms with Gasteiger partial charge in [0.2, 0.25) is 11.8 Å². The van der Waals surface area contributed by atoms with Crippen LogP contribution < -0.4 is 5.32 Å². The minimum Gasteiger partial charge on any atom is -0.354 e. The molecule has 1 aromatic rings.